The summed E-state index contributed by atoms with van der Waals surface area (Å²) in [6, 6.07) is 6.76. The van der Waals surface area contributed by atoms with Crippen molar-refractivity contribution in [3.8, 4) is 11.5 Å². The molecule has 2 saturated heterocycles. The fourth-order valence-corrected chi connectivity index (χ4v) is 5.41. The lowest BCUT2D eigenvalue weighted by molar-refractivity contribution is -0.309. The van der Waals surface area contributed by atoms with Gasteiger partial charge in [0.25, 0.3) is 0 Å². The van der Waals surface area contributed by atoms with Gasteiger partial charge in [0.2, 0.25) is 12.1 Å². The average molecular weight is 597 g/mol. The molecule has 0 spiro atoms. The second kappa shape index (κ2) is 12.1. The minimum atomic E-state index is -1.81. The summed E-state index contributed by atoms with van der Waals surface area (Å²) in [5.41, 5.74) is -0.0964. The Kier molecular flexibility index (Phi) is 8.82. The number of hydrogen-bond donors (Lipinski definition) is 10. The second-order valence-corrected chi connectivity index (χ2v) is 10.3. The molecule has 42 heavy (non-hydrogen) atoms. The van der Waals surface area contributed by atoms with Crippen LogP contribution >= 0.6 is 0 Å². The molecule has 2 heterocycles. The Morgan fingerprint density at radius 2 is 1.31 bits per heavy atom. The molecule has 10 N–H and O–H groups in total. The van der Waals surface area contributed by atoms with E-state index in [1.54, 1.807) is 0 Å². The summed E-state index contributed by atoms with van der Waals surface area (Å²) in [6.45, 7) is -1.97. The van der Waals surface area contributed by atoms with Gasteiger partial charge in [0.05, 0.1) is 30.9 Å². The minimum Gasteiger partial charge on any atom is -0.507 e. The third-order valence-corrected chi connectivity index (χ3v) is 7.68. The third kappa shape index (κ3) is 5.17. The number of ketones is 1. The first-order valence-corrected chi connectivity index (χ1v) is 13.1. The number of phenolic OH excluding ortho intramolecular Hbond substituents is 1. The van der Waals surface area contributed by atoms with Crippen LogP contribution in [-0.2, 0) is 20.8 Å². The summed E-state index contributed by atoms with van der Waals surface area (Å²) in [6.07, 6.45) is -17.7. The van der Waals surface area contributed by atoms with Gasteiger partial charge in [-0.15, -0.1) is 0 Å². The number of fused-ring (bicyclic) bond motifs is 2. The van der Waals surface area contributed by atoms with Crippen LogP contribution in [0.15, 0.2) is 30.3 Å². The molecule has 2 aromatic carbocycles. The standard InChI is InChI=1S/C27H32O15/c28-6-9-4-11-16(12(31)5-9)20(34)17-10(25(11)42-27-24(38)22(36)19(33)15(8-30)41-27)2-1-3-13(17)39-26-23(37)21(35)18(32)14(7-29)40-26/h1-5,14-15,18-19,21-33,35-38H,6-8H2/t14-,15-,18-,19-,21+,22+,23-,24-,25-,26-,27+/m1/s1. The van der Waals surface area contributed by atoms with Gasteiger partial charge in [0.1, 0.15) is 66.4 Å². The predicted octanol–water partition coefficient (Wildman–Crippen LogP) is -3.49. The van der Waals surface area contributed by atoms with Crippen LogP contribution in [0.3, 0.4) is 0 Å². The zero-order chi connectivity index (χ0) is 30.5. The maximum atomic E-state index is 13.8. The molecule has 2 aliphatic heterocycles. The SMILES string of the molecule is O=C1c2c(O)cc(CO)cc2[C@H](O[C@@H]2O[C@H](CO)[C@@H](O)[C@H](O)[C@H]2O)c2cccc(O[C@@H]3O[C@H](CO)[C@@H](O)[C@H](O)[C@H]3O)c21. The van der Waals surface area contributed by atoms with Gasteiger partial charge >= 0.3 is 0 Å². The molecule has 0 saturated carbocycles. The van der Waals surface area contributed by atoms with Crippen molar-refractivity contribution in [3.05, 3.63) is 58.1 Å². The van der Waals surface area contributed by atoms with E-state index in [1.165, 1.54) is 24.3 Å². The minimum absolute atomic E-state index is 0.0542. The molecule has 0 bridgehead atoms. The van der Waals surface area contributed by atoms with Gasteiger partial charge in [-0.25, -0.2) is 0 Å². The van der Waals surface area contributed by atoms with Gasteiger partial charge in [-0.3, -0.25) is 4.79 Å². The van der Waals surface area contributed by atoms with E-state index in [4.69, 9.17) is 18.9 Å². The Morgan fingerprint density at radius 3 is 1.90 bits per heavy atom. The molecule has 0 amide bonds. The third-order valence-electron chi connectivity index (χ3n) is 7.68. The number of benzene rings is 2. The van der Waals surface area contributed by atoms with Gasteiger partial charge in [0.15, 0.2) is 6.29 Å². The van der Waals surface area contributed by atoms with Gasteiger partial charge < -0.3 is 70.0 Å². The number of carbonyl (C=O) groups is 1. The molecule has 11 atom stereocenters. The molecule has 3 aliphatic rings. The summed E-state index contributed by atoms with van der Waals surface area (Å²) in [7, 11) is 0. The Bertz CT molecular complexity index is 1300. The van der Waals surface area contributed by atoms with Crippen molar-refractivity contribution in [1.29, 1.82) is 0 Å². The number of rotatable bonds is 7. The van der Waals surface area contributed by atoms with Crippen LogP contribution in [0.2, 0.25) is 0 Å². The molecule has 0 aromatic heterocycles. The van der Waals surface area contributed by atoms with E-state index in [9.17, 15) is 55.9 Å². The Balaban J connectivity index is 1.58. The van der Waals surface area contributed by atoms with E-state index >= 15 is 0 Å². The van der Waals surface area contributed by atoms with Crippen LogP contribution in [0.5, 0.6) is 11.5 Å². The Morgan fingerprint density at radius 1 is 0.714 bits per heavy atom. The second-order valence-electron chi connectivity index (χ2n) is 10.3. The van der Waals surface area contributed by atoms with Crippen molar-refractivity contribution in [2.24, 2.45) is 0 Å². The summed E-state index contributed by atoms with van der Waals surface area (Å²) < 4.78 is 22.7. The normalized spacial score (nSPS) is 36.3. The zero-order valence-electron chi connectivity index (χ0n) is 21.9. The van der Waals surface area contributed by atoms with Crippen molar-refractivity contribution >= 4 is 5.78 Å². The smallest absolute Gasteiger partial charge is 0.229 e. The molecule has 230 valence electrons. The average Bonchev–Trinajstić information content (AvgIpc) is 2.98. The number of carbonyl (C=O) groups excluding carboxylic acids is 1. The van der Waals surface area contributed by atoms with Gasteiger partial charge in [-0.05, 0) is 23.8 Å². The monoisotopic (exact) mass is 596 g/mol. The Labute approximate surface area is 238 Å². The number of aromatic hydroxyl groups is 1. The van der Waals surface area contributed by atoms with E-state index in [1.807, 2.05) is 0 Å². The molecule has 0 unspecified atom stereocenters. The van der Waals surface area contributed by atoms with Crippen molar-refractivity contribution in [3.63, 3.8) is 0 Å². The molecule has 5 rings (SSSR count). The van der Waals surface area contributed by atoms with Gasteiger partial charge in [-0.1, -0.05) is 12.1 Å². The summed E-state index contributed by atoms with van der Waals surface area (Å²) in [5.74, 6) is -1.51. The maximum Gasteiger partial charge on any atom is 0.229 e. The lowest BCUT2D eigenvalue weighted by Gasteiger charge is -2.42. The van der Waals surface area contributed by atoms with Crippen LogP contribution in [0.4, 0.5) is 0 Å². The van der Waals surface area contributed by atoms with E-state index in [2.05, 4.69) is 0 Å². The topological polar surface area (TPSA) is 256 Å². The number of aliphatic hydroxyl groups excluding tert-OH is 9. The zero-order valence-corrected chi connectivity index (χ0v) is 21.9. The largest absolute Gasteiger partial charge is 0.507 e. The summed E-state index contributed by atoms with van der Waals surface area (Å²) in [4.78, 5) is 13.8. The molecule has 15 heteroatoms. The quantitative estimate of drug-likeness (QED) is 0.149. The first kappa shape index (κ1) is 30.7. The van der Waals surface area contributed by atoms with Crippen molar-refractivity contribution < 1.29 is 74.8 Å². The molecule has 2 fully saturated rings. The van der Waals surface area contributed by atoms with Crippen LogP contribution < -0.4 is 4.74 Å². The molecular formula is C27H32O15. The number of phenols is 1. The Hall–Kier alpha value is -2.77. The van der Waals surface area contributed by atoms with Crippen molar-refractivity contribution in [2.75, 3.05) is 13.2 Å². The maximum absolute atomic E-state index is 13.8. The summed E-state index contributed by atoms with van der Waals surface area (Å²) >= 11 is 0. The highest BCUT2D eigenvalue weighted by atomic mass is 16.7. The highest BCUT2D eigenvalue weighted by molar-refractivity contribution is 6.16. The number of aliphatic hydroxyl groups is 9. The highest BCUT2D eigenvalue weighted by Gasteiger charge is 2.48. The molecule has 2 aromatic rings. The lowest BCUT2D eigenvalue weighted by atomic mass is 9.81. The van der Waals surface area contributed by atoms with E-state index < -0.39 is 98.9 Å². The van der Waals surface area contributed by atoms with Crippen molar-refractivity contribution in [2.45, 2.75) is 74.1 Å². The fraction of sp³-hybridized carbons (Fsp3) is 0.519. The van der Waals surface area contributed by atoms with E-state index in [0.717, 1.165) is 6.07 Å². The van der Waals surface area contributed by atoms with E-state index in [0.29, 0.717) is 0 Å². The van der Waals surface area contributed by atoms with Gasteiger partial charge in [-0.2, -0.15) is 0 Å². The van der Waals surface area contributed by atoms with Crippen LogP contribution in [0.1, 0.15) is 38.7 Å². The molecular weight excluding hydrogens is 564 g/mol. The summed E-state index contributed by atoms with van der Waals surface area (Å²) in [5, 5.41) is 101. The van der Waals surface area contributed by atoms with Crippen LogP contribution in [0, 0.1) is 0 Å². The fourth-order valence-electron chi connectivity index (χ4n) is 5.41. The molecule has 0 radical (unpaired) electrons. The first-order valence-electron chi connectivity index (χ1n) is 13.1. The van der Waals surface area contributed by atoms with Crippen LogP contribution in [-0.4, -0.2) is 131 Å². The molecule has 15 nitrogen and oxygen atoms in total. The predicted molar refractivity (Wildman–Crippen MR) is 135 cm³/mol. The van der Waals surface area contributed by atoms with E-state index in [-0.39, 0.29) is 33.6 Å². The molecule has 1 aliphatic carbocycles. The van der Waals surface area contributed by atoms with Crippen molar-refractivity contribution in [1.82, 2.24) is 0 Å². The first-order chi connectivity index (χ1) is 20.0. The lowest BCUT2D eigenvalue weighted by Crippen LogP contribution is -2.60. The van der Waals surface area contributed by atoms with Gasteiger partial charge in [0, 0.05) is 11.1 Å². The number of hydrogen-bond acceptors (Lipinski definition) is 15. The van der Waals surface area contributed by atoms with Crippen LogP contribution in [0.25, 0.3) is 0 Å². The highest BCUT2D eigenvalue weighted by Crippen LogP contribution is 2.46. The number of ether oxygens (including phenoxy) is 4.